The van der Waals surface area contributed by atoms with E-state index in [-0.39, 0.29) is 25.0 Å². The third-order valence-electron chi connectivity index (χ3n) is 3.86. The van der Waals surface area contributed by atoms with Crippen molar-refractivity contribution in [3.05, 3.63) is 53.6 Å². The molecule has 2 aromatic carbocycles. The minimum absolute atomic E-state index is 0.121. The first-order chi connectivity index (χ1) is 13.0. The topological polar surface area (TPSA) is 76.7 Å². The third-order valence-corrected chi connectivity index (χ3v) is 3.86. The van der Waals surface area contributed by atoms with E-state index in [1.807, 2.05) is 51.1 Å². The largest absolute Gasteiger partial charge is 0.490 e. The van der Waals surface area contributed by atoms with E-state index in [0.717, 1.165) is 23.2 Å². The van der Waals surface area contributed by atoms with Gasteiger partial charge in [0.2, 0.25) is 5.91 Å². The quantitative estimate of drug-likeness (QED) is 0.711. The fraction of sp³-hybridized carbons (Fsp3) is 0.333. The van der Waals surface area contributed by atoms with Gasteiger partial charge in [-0.2, -0.15) is 0 Å². The van der Waals surface area contributed by atoms with E-state index in [1.165, 1.54) is 0 Å². The molecule has 0 heterocycles. The molecule has 0 unspecified atom stereocenters. The summed E-state index contributed by atoms with van der Waals surface area (Å²) in [5.74, 6) is 0.436. The van der Waals surface area contributed by atoms with Crippen LogP contribution < -0.4 is 20.1 Å². The number of anilines is 1. The van der Waals surface area contributed by atoms with E-state index in [4.69, 9.17) is 9.47 Å². The summed E-state index contributed by atoms with van der Waals surface area (Å²) < 4.78 is 11.1. The van der Waals surface area contributed by atoms with Gasteiger partial charge >= 0.3 is 0 Å². The number of para-hydroxylation sites is 3. The van der Waals surface area contributed by atoms with E-state index in [1.54, 1.807) is 12.1 Å². The zero-order chi connectivity index (χ0) is 19.6. The smallest absolute Gasteiger partial charge is 0.258 e. The molecular weight excluding hydrogens is 344 g/mol. The number of carbonyl (C=O) groups excluding carboxylic acids is 2. The molecule has 0 aliphatic rings. The summed E-state index contributed by atoms with van der Waals surface area (Å²) in [6.45, 7) is 6.12. The lowest BCUT2D eigenvalue weighted by molar-refractivity contribution is -0.125. The number of ether oxygens (including phenoxy) is 2. The Morgan fingerprint density at radius 1 is 0.889 bits per heavy atom. The number of carbonyl (C=O) groups is 2. The Morgan fingerprint density at radius 2 is 1.52 bits per heavy atom. The van der Waals surface area contributed by atoms with E-state index in [0.29, 0.717) is 18.1 Å². The van der Waals surface area contributed by atoms with Crippen LogP contribution in [0.4, 0.5) is 5.69 Å². The van der Waals surface area contributed by atoms with E-state index >= 15 is 0 Å². The summed E-state index contributed by atoms with van der Waals surface area (Å²) in [5, 5.41) is 5.38. The first-order valence-corrected chi connectivity index (χ1v) is 8.98. The molecule has 6 heteroatoms. The van der Waals surface area contributed by atoms with Crippen molar-refractivity contribution < 1.29 is 19.1 Å². The molecule has 0 aromatic heterocycles. The van der Waals surface area contributed by atoms with Gasteiger partial charge < -0.3 is 20.1 Å². The number of aryl methyl sites for hydroxylation is 2. The maximum Gasteiger partial charge on any atom is 0.258 e. The number of rotatable bonds is 9. The van der Waals surface area contributed by atoms with E-state index in [9.17, 15) is 9.59 Å². The van der Waals surface area contributed by atoms with Gasteiger partial charge in [0.25, 0.3) is 5.91 Å². The Labute approximate surface area is 159 Å². The molecule has 2 rings (SSSR count). The first-order valence-electron chi connectivity index (χ1n) is 8.98. The fourth-order valence-electron chi connectivity index (χ4n) is 2.47. The van der Waals surface area contributed by atoms with E-state index < -0.39 is 0 Å². The first kappa shape index (κ1) is 20.3. The van der Waals surface area contributed by atoms with Crippen LogP contribution in [0.2, 0.25) is 0 Å². The van der Waals surface area contributed by atoms with Gasteiger partial charge in [-0.15, -0.1) is 0 Å². The Kier molecular flexibility index (Phi) is 7.67. The lowest BCUT2D eigenvalue weighted by Gasteiger charge is -2.13. The minimum atomic E-state index is -0.378. The standard InChI is InChI=1S/C21H26N2O4/c1-4-12-26-17-10-5-6-11-18(17)27-14-20(25)22-13-19(24)23-21-15(2)8-7-9-16(21)3/h5-11H,4,12-14H2,1-3H3,(H,22,25)(H,23,24). The molecule has 2 aromatic rings. The molecule has 0 fully saturated rings. The number of benzene rings is 2. The summed E-state index contributed by atoms with van der Waals surface area (Å²) in [5.41, 5.74) is 2.72. The van der Waals surface area contributed by atoms with Crippen LogP contribution in [-0.4, -0.2) is 31.6 Å². The molecule has 27 heavy (non-hydrogen) atoms. The molecule has 0 radical (unpaired) electrons. The Bertz CT molecular complexity index is 769. The zero-order valence-electron chi connectivity index (χ0n) is 16.0. The van der Waals surface area contributed by atoms with Gasteiger partial charge in [0.15, 0.2) is 18.1 Å². The van der Waals surface area contributed by atoms with Gasteiger partial charge in [-0.3, -0.25) is 9.59 Å². The molecule has 2 amide bonds. The van der Waals surface area contributed by atoms with Crippen molar-refractivity contribution in [1.82, 2.24) is 5.32 Å². The predicted molar refractivity (Wildman–Crippen MR) is 105 cm³/mol. The van der Waals surface area contributed by atoms with Gasteiger partial charge in [-0.05, 0) is 43.5 Å². The summed E-state index contributed by atoms with van der Waals surface area (Å²) in [6.07, 6.45) is 0.879. The summed E-state index contributed by atoms with van der Waals surface area (Å²) >= 11 is 0. The highest BCUT2D eigenvalue weighted by Crippen LogP contribution is 2.26. The van der Waals surface area contributed by atoms with Crippen LogP contribution in [0.1, 0.15) is 24.5 Å². The second-order valence-electron chi connectivity index (χ2n) is 6.18. The van der Waals surface area contributed by atoms with Gasteiger partial charge in [-0.1, -0.05) is 37.3 Å². The van der Waals surface area contributed by atoms with Gasteiger partial charge in [-0.25, -0.2) is 0 Å². The minimum Gasteiger partial charge on any atom is -0.490 e. The van der Waals surface area contributed by atoms with Crippen molar-refractivity contribution in [2.75, 3.05) is 25.1 Å². The number of hydrogen-bond donors (Lipinski definition) is 2. The summed E-state index contributed by atoms with van der Waals surface area (Å²) in [6, 6.07) is 13.0. The van der Waals surface area contributed by atoms with Crippen LogP contribution >= 0.6 is 0 Å². The van der Waals surface area contributed by atoms with Crippen LogP contribution in [-0.2, 0) is 9.59 Å². The lowest BCUT2D eigenvalue weighted by atomic mass is 10.1. The predicted octanol–water partition coefficient (Wildman–Crippen LogP) is 3.23. The van der Waals surface area contributed by atoms with Crippen molar-refractivity contribution in [2.24, 2.45) is 0 Å². The van der Waals surface area contributed by atoms with Crippen molar-refractivity contribution in [3.63, 3.8) is 0 Å². The van der Waals surface area contributed by atoms with Gasteiger partial charge in [0.1, 0.15) is 0 Å². The zero-order valence-corrected chi connectivity index (χ0v) is 16.0. The Hall–Kier alpha value is -3.02. The summed E-state index contributed by atoms with van der Waals surface area (Å²) in [4.78, 5) is 24.1. The highest BCUT2D eigenvalue weighted by Gasteiger charge is 2.11. The molecule has 6 nitrogen and oxygen atoms in total. The van der Waals surface area contributed by atoms with Gasteiger partial charge in [0, 0.05) is 5.69 Å². The monoisotopic (exact) mass is 370 g/mol. The van der Waals surface area contributed by atoms with Crippen molar-refractivity contribution in [3.8, 4) is 11.5 Å². The third kappa shape index (κ3) is 6.33. The molecule has 144 valence electrons. The Balaban J connectivity index is 1.80. The lowest BCUT2D eigenvalue weighted by Crippen LogP contribution is -2.36. The number of amides is 2. The second kappa shape index (κ2) is 10.2. The molecular formula is C21H26N2O4. The molecule has 2 N–H and O–H groups in total. The van der Waals surface area contributed by atoms with Gasteiger partial charge in [0.05, 0.1) is 13.2 Å². The molecule has 0 aliphatic heterocycles. The highest BCUT2D eigenvalue weighted by molar-refractivity contribution is 5.95. The normalized spacial score (nSPS) is 10.2. The maximum absolute atomic E-state index is 12.1. The molecule has 0 saturated carbocycles. The van der Waals surface area contributed by atoms with Crippen LogP contribution in [0.25, 0.3) is 0 Å². The van der Waals surface area contributed by atoms with Crippen molar-refractivity contribution in [2.45, 2.75) is 27.2 Å². The van der Waals surface area contributed by atoms with Crippen LogP contribution in [0.15, 0.2) is 42.5 Å². The van der Waals surface area contributed by atoms with Crippen LogP contribution in [0.3, 0.4) is 0 Å². The SMILES string of the molecule is CCCOc1ccccc1OCC(=O)NCC(=O)Nc1c(C)cccc1C. The van der Waals surface area contributed by atoms with Crippen molar-refractivity contribution in [1.29, 1.82) is 0 Å². The fourth-order valence-corrected chi connectivity index (χ4v) is 2.47. The number of hydrogen-bond acceptors (Lipinski definition) is 4. The maximum atomic E-state index is 12.1. The molecule has 0 aliphatic carbocycles. The second-order valence-corrected chi connectivity index (χ2v) is 6.18. The van der Waals surface area contributed by atoms with Crippen LogP contribution in [0.5, 0.6) is 11.5 Å². The van der Waals surface area contributed by atoms with Crippen LogP contribution in [0, 0.1) is 13.8 Å². The van der Waals surface area contributed by atoms with E-state index in [2.05, 4.69) is 10.6 Å². The average Bonchev–Trinajstić information content (AvgIpc) is 2.66. The Morgan fingerprint density at radius 3 is 2.15 bits per heavy atom. The molecule has 0 spiro atoms. The highest BCUT2D eigenvalue weighted by atomic mass is 16.5. The molecule has 0 atom stereocenters. The molecule has 0 bridgehead atoms. The molecule has 0 saturated heterocycles. The number of nitrogens with one attached hydrogen (secondary N) is 2. The summed E-state index contributed by atoms with van der Waals surface area (Å²) in [7, 11) is 0. The van der Waals surface area contributed by atoms with Crippen molar-refractivity contribution >= 4 is 17.5 Å². The average molecular weight is 370 g/mol.